The Kier molecular flexibility index (Phi) is 4.15. The smallest absolute Gasteiger partial charge is 0.250 e. The lowest BCUT2D eigenvalue weighted by Crippen LogP contribution is -2.53. The molecule has 6 nitrogen and oxygen atoms in total. The maximum Gasteiger partial charge on any atom is 0.250 e. The third-order valence-corrected chi connectivity index (χ3v) is 5.77. The van der Waals surface area contributed by atoms with Gasteiger partial charge >= 0.3 is 0 Å². The molecule has 4 rings (SSSR count). The topological polar surface area (TPSA) is 59.4 Å². The summed E-state index contributed by atoms with van der Waals surface area (Å²) in [7, 11) is 1.66. The number of rotatable bonds is 3. The molecule has 1 saturated heterocycles. The van der Waals surface area contributed by atoms with Gasteiger partial charge in [0.15, 0.2) is 6.10 Å². The Morgan fingerprint density at radius 3 is 3.04 bits per heavy atom. The highest BCUT2D eigenvalue weighted by molar-refractivity contribution is 7.07. The summed E-state index contributed by atoms with van der Waals surface area (Å²) in [4.78, 5) is 19.1. The van der Waals surface area contributed by atoms with Gasteiger partial charge in [0.2, 0.25) is 0 Å². The van der Waals surface area contributed by atoms with E-state index in [0.29, 0.717) is 6.54 Å². The highest BCUT2D eigenvalue weighted by atomic mass is 32.1. The Morgan fingerprint density at radius 1 is 1.50 bits per heavy atom. The van der Waals surface area contributed by atoms with Crippen molar-refractivity contribution in [3.05, 3.63) is 40.6 Å². The number of carbonyl (C=O) groups is 1. The molecule has 1 atom stereocenters. The summed E-state index contributed by atoms with van der Waals surface area (Å²) in [5, 5.41) is 7.04. The lowest BCUT2D eigenvalue weighted by molar-refractivity contribution is -0.173. The minimum atomic E-state index is -0.444. The van der Waals surface area contributed by atoms with Crippen molar-refractivity contribution in [2.75, 3.05) is 20.1 Å². The average Bonchev–Trinajstić information content (AvgIpc) is 3.28. The van der Waals surface area contributed by atoms with Crippen molar-refractivity contribution < 1.29 is 9.53 Å². The second kappa shape index (κ2) is 6.31. The molecule has 2 aromatic heterocycles. The van der Waals surface area contributed by atoms with Crippen molar-refractivity contribution in [3.8, 4) is 0 Å². The van der Waals surface area contributed by atoms with Gasteiger partial charge in [0.1, 0.15) is 11.4 Å². The van der Waals surface area contributed by atoms with Crippen LogP contribution in [-0.4, -0.2) is 46.6 Å². The lowest BCUT2D eigenvalue weighted by Gasteiger charge is -2.45. The first kappa shape index (κ1) is 15.8. The van der Waals surface area contributed by atoms with E-state index >= 15 is 0 Å². The lowest BCUT2D eigenvalue weighted by atomic mass is 9.88. The molecule has 0 unspecified atom stereocenters. The molecule has 2 aliphatic rings. The average molecular weight is 346 g/mol. The molecule has 0 aromatic carbocycles. The van der Waals surface area contributed by atoms with Crippen LogP contribution in [0, 0.1) is 0 Å². The monoisotopic (exact) mass is 346 g/mol. The van der Waals surface area contributed by atoms with Gasteiger partial charge in [0, 0.05) is 39.1 Å². The van der Waals surface area contributed by atoms with Crippen LogP contribution in [0.1, 0.15) is 24.2 Å². The summed E-state index contributed by atoms with van der Waals surface area (Å²) in [6.45, 7) is 3.41. The number of amides is 1. The summed E-state index contributed by atoms with van der Waals surface area (Å²) in [6.07, 6.45) is 5.04. The number of likely N-dealkylation sites (tertiary alicyclic amines) is 1. The highest BCUT2D eigenvalue weighted by Gasteiger charge is 2.46. The molecule has 4 heterocycles. The van der Waals surface area contributed by atoms with Crippen molar-refractivity contribution in [3.63, 3.8) is 0 Å². The van der Waals surface area contributed by atoms with Crippen LogP contribution < -0.4 is 5.32 Å². The van der Waals surface area contributed by atoms with Gasteiger partial charge in [-0.1, -0.05) is 0 Å². The van der Waals surface area contributed by atoms with E-state index < -0.39 is 11.7 Å². The van der Waals surface area contributed by atoms with Gasteiger partial charge in [0.05, 0.1) is 6.54 Å². The molecule has 1 fully saturated rings. The number of likely N-dealkylation sites (N-methyl/N-ethyl adjacent to an activating group) is 1. The molecule has 0 radical (unpaired) electrons. The van der Waals surface area contributed by atoms with Crippen LogP contribution in [0.4, 0.5) is 0 Å². The van der Waals surface area contributed by atoms with E-state index in [-0.39, 0.29) is 5.91 Å². The number of fused-ring (bicyclic) bond motifs is 2. The van der Waals surface area contributed by atoms with Crippen molar-refractivity contribution >= 4 is 17.2 Å². The van der Waals surface area contributed by atoms with Gasteiger partial charge in [-0.3, -0.25) is 9.69 Å². The summed E-state index contributed by atoms with van der Waals surface area (Å²) < 4.78 is 8.40. The summed E-state index contributed by atoms with van der Waals surface area (Å²) in [5.41, 5.74) is 0.926. The number of carbonyl (C=O) groups excluding carboxylic acids is 1. The number of nitrogens with zero attached hydrogens (tertiary/aromatic N) is 3. The number of thiophene rings is 1. The second-order valence-corrected chi connectivity index (χ2v) is 7.31. The Morgan fingerprint density at radius 2 is 2.33 bits per heavy atom. The van der Waals surface area contributed by atoms with E-state index in [1.54, 1.807) is 18.4 Å². The molecular formula is C17H22N4O2S. The van der Waals surface area contributed by atoms with Gasteiger partial charge in [-0.05, 0) is 35.2 Å². The minimum Gasteiger partial charge on any atom is -0.357 e. The number of imidazole rings is 1. The standard InChI is InChI=1S/C17H22N4O2S/c1-18-15(22)14-11-21-8-5-19-16(21)17(23-14)3-6-20(7-4-17)10-13-2-9-24-12-13/h2,5,8-9,12,14H,3-4,6-7,10-11H2,1H3,(H,18,22)/t14-/m0/s1. The normalized spacial score (nSPS) is 23.1. The van der Waals surface area contributed by atoms with Crippen molar-refractivity contribution in [1.29, 1.82) is 0 Å². The Labute approximate surface area is 145 Å². The minimum absolute atomic E-state index is 0.0607. The number of nitrogens with one attached hydrogen (secondary N) is 1. The van der Waals surface area contributed by atoms with Crippen molar-refractivity contribution in [2.24, 2.45) is 0 Å². The number of piperidine rings is 1. The van der Waals surface area contributed by atoms with Crippen LogP contribution in [0.5, 0.6) is 0 Å². The van der Waals surface area contributed by atoms with Crippen LogP contribution in [0.25, 0.3) is 0 Å². The zero-order valence-corrected chi connectivity index (χ0v) is 14.6. The van der Waals surface area contributed by atoms with Crippen LogP contribution in [0.2, 0.25) is 0 Å². The molecule has 0 saturated carbocycles. The zero-order valence-electron chi connectivity index (χ0n) is 13.8. The first-order chi connectivity index (χ1) is 11.7. The molecule has 1 spiro atoms. The molecule has 24 heavy (non-hydrogen) atoms. The Bertz CT molecular complexity index is 704. The van der Waals surface area contributed by atoms with Crippen molar-refractivity contribution in [2.45, 2.75) is 37.6 Å². The first-order valence-corrected chi connectivity index (χ1v) is 9.29. The predicted molar refractivity (Wildman–Crippen MR) is 91.7 cm³/mol. The predicted octanol–water partition coefficient (Wildman–Crippen LogP) is 1.58. The largest absolute Gasteiger partial charge is 0.357 e. The Balaban J connectivity index is 1.51. The van der Waals surface area contributed by atoms with Gasteiger partial charge < -0.3 is 14.6 Å². The van der Waals surface area contributed by atoms with E-state index in [9.17, 15) is 4.79 Å². The van der Waals surface area contributed by atoms with E-state index in [4.69, 9.17) is 4.74 Å². The fourth-order valence-electron chi connectivity index (χ4n) is 3.75. The maximum absolute atomic E-state index is 12.1. The van der Waals surface area contributed by atoms with Gasteiger partial charge in [-0.15, -0.1) is 0 Å². The first-order valence-electron chi connectivity index (χ1n) is 8.35. The van der Waals surface area contributed by atoms with Crippen LogP contribution >= 0.6 is 11.3 Å². The molecule has 0 bridgehead atoms. The Hall–Kier alpha value is -1.70. The maximum atomic E-state index is 12.1. The molecular weight excluding hydrogens is 324 g/mol. The fourth-order valence-corrected chi connectivity index (χ4v) is 4.41. The quantitative estimate of drug-likeness (QED) is 0.917. The molecule has 1 N–H and O–H groups in total. The van der Waals surface area contributed by atoms with Gasteiger partial charge in [-0.2, -0.15) is 11.3 Å². The fraction of sp³-hybridized carbons (Fsp3) is 0.529. The van der Waals surface area contributed by atoms with Crippen LogP contribution in [-0.2, 0) is 28.2 Å². The molecule has 2 aliphatic heterocycles. The van der Waals surface area contributed by atoms with Crippen LogP contribution in [0.3, 0.4) is 0 Å². The third-order valence-electron chi connectivity index (χ3n) is 5.04. The number of ether oxygens (including phenoxy) is 1. The number of hydrogen-bond donors (Lipinski definition) is 1. The van der Waals surface area contributed by atoms with Gasteiger partial charge in [0.25, 0.3) is 5.91 Å². The van der Waals surface area contributed by atoms with Crippen molar-refractivity contribution in [1.82, 2.24) is 19.8 Å². The summed E-state index contributed by atoms with van der Waals surface area (Å²) in [5.74, 6) is 0.910. The van der Waals surface area contributed by atoms with E-state index in [0.717, 1.165) is 38.3 Å². The molecule has 1 amide bonds. The summed E-state index contributed by atoms with van der Waals surface area (Å²) >= 11 is 1.74. The molecule has 128 valence electrons. The molecule has 0 aliphatic carbocycles. The van der Waals surface area contributed by atoms with E-state index in [1.807, 2.05) is 12.4 Å². The number of aromatic nitrogens is 2. The van der Waals surface area contributed by atoms with E-state index in [2.05, 4.69) is 36.6 Å². The van der Waals surface area contributed by atoms with Gasteiger partial charge in [-0.25, -0.2) is 4.98 Å². The zero-order chi connectivity index (χ0) is 16.6. The highest BCUT2D eigenvalue weighted by Crippen LogP contribution is 2.40. The third kappa shape index (κ3) is 2.76. The van der Waals surface area contributed by atoms with Crippen LogP contribution in [0.15, 0.2) is 29.2 Å². The second-order valence-electron chi connectivity index (χ2n) is 6.53. The SMILES string of the molecule is CNC(=O)[C@@H]1Cn2ccnc2C2(CCN(Cc3ccsc3)CC2)O1. The van der Waals surface area contributed by atoms with E-state index in [1.165, 1.54) is 5.56 Å². The molecule has 7 heteroatoms. The summed E-state index contributed by atoms with van der Waals surface area (Å²) in [6, 6.07) is 2.18. The molecule has 2 aromatic rings. The number of hydrogen-bond acceptors (Lipinski definition) is 5.